The van der Waals surface area contributed by atoms with Gasteiger partial charge in [-0.3, -0.25) is 4.68 Å². The predicted octanol–water partition coefficient (Wildman–Crippen LogP) is 3.72. The minimum atomic E-state index is -0.183. The van der Waals surface area contributed by atoms with Gasteiger partial charge in [0.05, 0.1) is 23.3 Å². The van der Waals surface area contributed by atoms with Crippen LogP contribution in [0.25, 0.3) is 21.8 Å². The third-order valence-electron chi connectivity index (χ3n) is 3.91. The summed E-state index contributed by atoms with van der Waals surface area (Å²) >= 11 is 0. The molecule has 4 rings (SSSR count). The molecule has 4 aromatic rings. The molecule has 0 radical (unpaired) electrons. The van der Waals surface area contributed by atoms with Gasteiger partial charge in [0.15, 0.2) is 0 Å². The molecule has 2 aromatic carbocycles. The lowest BCUT2D eigenvalue weighted by Gasteiger charge is -2.03. The number of benzene rings is 2. The van der Waals surface area contributed by atoms with Gasteiger partial charge < -0.3 is 4.57 Å². The molecule has 0 N–H and O–H groups in total. The smallest absolute Gasteiger partial charge is 0.132 e. The molecule has 0 aliphatic carbocycles. The SMILES string of the molecule is Cn1nc(Cn2ccc3c(F)cccc32)c2ccccc21. The van der Waals surface area contributed by atoms with E-state index in [4.69, 9.17) is 0 Å². The summed E-state index contributed by atoms with van der Waals surface area (Å²) in [6.45, 7) is 0.633. The molecule has 0 amide bonds. The molecule has 0 saturated heterocycles. The predicted molar refractivity (Wildman–Crippen MR) is 81.7 cm³/mol. The Bertz CT molecular complexity index is 949. The minimum absolute atomic E-state index is 0.183. The third-order valence-corrected chi connectivity index (χ3v) is 3.91. The zero-order chi connectivity index (χ0) is 14.4. The Morgan fingerprint density at radius 1 is 0.952 bits per heavy atom. The van der Waals surface area contributed by atoms with Gasteiger partial charge in [-0.25, -0.2) is 4.39 Å². The average molecular weight is 279 g/mol. The van der Waals surface area contributed by atoms with Crippen LogP contribution in [0.5, 0.6) is 0 Å². The quantitative estimate of drug-likeness (QED) is 0.548. The van der Waals surface area contributed by atoms with Gasteiger partial charge in [-0.05, 0) is 24.3 Å². The zero-order valence-electron chi connectivity index (χ0n) is 11.6. The van der Waals surface area contributed by atoms with E-state index in [1.165, 1.54) is 6.07 Å². The second-order valence-electron chi connectivity index (χ2n) is 5.20. The fraction of sp³-hybridized carbons (Fsp3) is 0.118. The van der Waals surface area contributed by atoms with Crippen molar-refractivity contribution in [2.24, 2.45) is 7.05 Å². The molecule has 104 valence electrons. The van der Waals surface area contributed by atoms with Crippen LogP contribution in [-0.4, -0.2) is 14.3 Å². The fourth-order valence-electron chi connectivity index (χ4n) is 2.89. The Kier molecular flexibility index (Phi) is 2.57. The number of aryl methyl sites for hydroxylation is 1. The van der Waals surface area contributed by atoms with Gasteiger partial charge in [0, 0.05) is 24.0 Å². The van der Waals surface area contributed by atoms with Crippen LogP contribution >= 0.6 is 0 Å². The van der Waals surface area contributed by atoms with Crippen LogP contribution in [-0.2, 0) is 13.6 Å². The minimum Gasteiger partial charge on any atom is -0.341 e. The van der Waals surface area contributed by atoms with Crippen molar-refractivity contribution in [3.05, 3.63) is 66.2 Å². The Morgan fingerprint density at radius 2 is 1.76 bits per heavy atom. The molecular weight excluding hydrogens is 265 g/mol. The number of rotatable bonds is 2. The molecule has 4 heteroatoms. The van der Waals surface area contributed by atoms with Gasteiger partial charge in [0.25, 0.3) is 0 Å². The van der Waals surface area contributed by atoms with Gasteiger partial charge in [0.1, 0.15) is 5.82 Å². The highest BCUT2D eigenvalue weighted by Gasteiger charge is 2.10. The molecular formula is C17H14FN3. The number of nitrogens with zero attached hydrogens (tertiary/aromatic N) is 3. The summed E-state index contributed by atoms with van der Waals surface area (Å²) < 4.78 is 17.7. The van der Waals surface area contributed by atoms with Crippen molar-refractivity contribution in [2.75, 3.05) is 0 Å². The maximum absolute atomic E-state index is 13.8. The second kappa shape index (κ2) is 4.45. The van der Waals surface area contributed by atoms with E-state index in [1.807, 2.05) is 46.8 Å². The van der Waals surface area contributed by atoms with E-state index in [-0.39, 0.29) is 5.82 Å². The van der Waals surface area contributed by atoms with Gasteiger partial charge in [0.2, 0.25) is 0 Å². The Hall–Kier alpha value is -2.62. The first-order valence-electron chi connectivity index (χ1n) is 6.88. The van der Waals surface area contributed by atoms with E-state index in [0.717, 1.165) is 22.1 Å². The normalized spacial score (nSPS) is 11.5. The first-order valence-corrected chi connectivity index (χ1v) is 6.88. The number of halogens is 1. The van der Waals surface area contributed by atoms with Crippen molar-refractivity contribution in [3.8, 4) is 0 Å². The molecule has 0 fully saturated rings. The van der Waals surface area contributed by atoms with Crippen molar-refractivity contribution >= 4 is 21.8 Å². The van der Waals surface area contributed by atoms with Gasteiger partial charge in [-0.15, -0.1) is 0 Å². The number of hydrogen-bond donors (Lipinski definition) is 0. The van der Waals surface area contributed by atoms with Crippen molar-refractivity contribution in [1.82, 2.24) is 14.3 Å². The molecule has 0 bridgehead atoms. The lowest BCUT2D eigenvalue weighted by Crippen LogP contribution is -2.00. The summed E-state index contributed by atoms with van der Waals surface area (Å²) in [7, 11) is 1.94. The Balaban J connectivity index is 1.85. The van der Waals surface area contributed by atoms with Gasteiger partial charge in [-0.2, -0.15) is 5.10 Å². The summed E-state index contributed by atoms with van der Waals surface area (Å²) in [5.74, 6) is -0.183. The van der Waals surface area contributed by atoms with E-state index in [2.05, 4.69) is 17.2 Å². The van der Waals surface area contributed by atoms with E-state index >= 15 is 0 Å². The molecule has 2 aromatic heterocycles. The zero-order valence-corrected chi connectivity index (χ0v) is 11.6. The van der Waals surface area contributed by atoms with Crippen LogP contribution in [0.4, 0.5) is 4.39 Å². The maximum Gasteiger partial charge on any atom is 0.132 e. The number of aromatic nitrogens is 3. The second-order valence-corrected chi connectivity index (χ2v) is 5.20. The van der Waals surface area contributed by atoms with Crippen molar-refractivity contribution in [3.63, 3.8) is 0 Å². The molecule has 0 atom stereocenters. The standard InChI is InChI=1S/C17H14FN3/c1-20-16-7-3-2-5-13(16)15(19-20)11-21-10-9-12-14(18)6-4-8-17(12)21/h2-10H,11H2,1H3. The highest BCUT2D eigenvalue weighted by atomic mass is 19.1. The Morgan fingerprint density at radius 3 is 2.67 bits per heavy atom. The average Bonchev–Trinajstić information content (AvgIpc) is 3.04. The molecule has 0 aliphatic rings. The summed E-state index contributed by atoms with van der Waals surface area (Å²) in [6.07, 6.45) is 1.91. The Labute approximate surface area is 121 Å². The van der Waals surface area contributed by atoms with Crippen molar-refractivity contribution < 1.29 is 4.39 Å². The molecule has 0 saturated carbocycles. The maximum atomic E-state index is 13.8. The van der Waals surface area contributed by atoms with Crippen LogP contribution in [0.15, 0.2) is 54.7 Å². The highest BCUT2D eigenvalue weighted by molar-refractivity contribution is 5.83. The third kappa shape index (κ3) is 1.83. The van der Waals surface area contributed by atoms with Crippen molar-refractivity contribution in [2.45, 2.75) is 6.54 Å². The molecule has 0 aliphatic heterocycles. The molecule has 21 heavy (non-hydrogen) atoms. The van der Waals surface area contributed by atoms with Crippen LogP contribution in [0.1, 0.15) is 5.69 Å². The topological polar surface area (TPSA) is 22.8 Å². The van der Waals surface area contributed by atoms with Crippen LogP contribution in [0.3, 0.4) is 0 Å². The fourth-order valence-corrected chi connectivity index (χ4v) is 2.89. The van der Waals surface area contributed by atoms with E-state index in [9.17, 15) is 4.39 Å². The largest absolute Gasteiger partial charge is 0.341 e. The highest BCUT2D eigenvalue weighted by Crippen LogP contribution is 2.23. The van der Waals surface area contributed by atoms with Gasteiger partial charge >= 0.3 is 0 Å². The summed E-state index contributed by atoms with van der Waals surface area (Å²) in [5, 5.41) is 6.38. The molecule has 0 unspecified atom stereocenters. The summed E-state index contributed by atoms with van der Waals surface area (Å²) in [5.41, 5.74) is 3.00. The van der Waals surface area contributed by atoms with Crippen molar-refractivity contribution in [1.29, 1.82) is 0 Å². The van der Waals surface area contributed by atoms with Gasteiger partial charge in [-0.1, -0.05) is 24.3 Å². The molecule has 2 heterocycles. The summed E-state index contributed by atoms with van der Waals surface area (Å²) in [4.78, 5) is 0. The van der Waals surface area contributed by atoms with Crippen LogP contribution < -0.4 is 0 Å². The van der Waals surface area contributed by atoms with Crippen LogP contribution in [0, 0.1) is 5.82 Å². The monoisotopic (exact) mass is 279 g/mol. The first-order chi connectivity index (χ1) is 10.2. The lowest BCUT2D eigenvalue weighted by atomic mass is 10.2. The first kappa shape index (κ1) is 12.1. The van der Waals surface area contributed by atoms with E-state index < -0.39 is 0 Å². The molecule has 3 nitrogen and oxygen atoms in total. The number of para-hydroxylation sites is 1. The molecule has 0 spiro atoms. The number of fused-ring (bicyclic) bond motifs is 2. The lowest BCUT2D eigenvalue weighted by molar-refractivity contribution is 0.639. The number of hydrogen-bond acceptors (Lipinski definition) is 1. The van der Waals surface area contributed by atoms with E-state index in [1.54, 1.807) is 6.07 Å². The van der Waals surface area contributed by atoms with Crippen LogP contribution in [0.2, 0.25) is 0 Å². The van der Waals surface area contributed by atoms with E-state index in [0.29, 0.717) is 11.9 Å². The summed E-state index contributed by atoms with van der Waals surface area (Å²) in [6, 6.07) is 15.1.